The van der Waals surface area contributed by atoms with Crippen LogP contribution in [-0.2, 0) is 6.54 Å². The van der Waals surface area contributed by atoms with E-state index in [1.807, 2.05) is 0 Å². The molecule has 0 radical (unpaired) electrons. The summed E-state index contributed by atoms with van der Waals surface area (Å²) in [6, 6.07) is 2.10. The molecule has 88 valence electrons. The monoisotopic (exact) mass is 222 g/mol. The number of hydrogen-bond acceptors (Lipinski definition) is 5. The Bertz CT molecular complexity index is 326. The molecular formula is C11H18N4O. The first-order valence-electron chi connectivity index (χ1n) is 6.05. The quantitative estimate of drug-likeness (QED) is 0.819. The number of nitrogens with one attached hydrogen (secondary N) is 1. The van der Waals surface area contributed by atoms with E-state index in [4.69, 9.17) is 4.52 Å². The van der Waals surface area contributed by atoms with Crippen molar-refractivity contribution in [2.24, 2.45) is 0 Å². The summed E-state index contributed by atoms with van der Waals surface area (Å²) in [5.74, 6) is 0.819. The largest absolute Gasteiger partial charge is 0.343 e. The molecule has 0 aliphatic carbocycles. The highest BCUT2D eigenvalue weighted by atomic mass is 16.5. The summed E-state index contributed by atoms with van der Waals surface area (Å²) in [6.07, 6.45) is 6.56. The van der Waals surface area contributed by atoms with Crippen molar-refractivity contribution in [3.63, 3.8) is 0 Å². The Morgan fingerprint density at radius 2 is 2.19 bits per heavy atom. The first kappa shape index (κ1) is 10.2. The maximum Gasteiger partial charge on any atom is 0.213 e. The molecule has 2 aliphatic rings. The maximum absolute atomic E-state index is 4.79. The summed E-state index contributed by atoms with van der Waals surface area (Å²) in [4.78, 5) is 6.67. The average molecular weight is 222 g/mol. The van der Waals surface area contributed by atoms with Crippen LogP contribution >= 0.6 is 0 Å². The first-order valence-corrected chi connectivity index (χ1v) is 6.05. The van der Waals surface area contributed by atoms with Gasteiger partial charge in [-0.1, -0.05) is 5.16 Å². The predicted molar refractivity (Wildman–Crippen MR) is 58.7 cm³/mol. The van der Waals surface area contributed by atoms with E-state index in [0.717, 1.165) is 12.4 Å². The molecule has 2 bridgehead atoms. The molecule has 5 heteroatoms. The minimum atomic E-state index is 0.694. The number of hydrogen-bond donors (Lipinski definition) is 1. The van der Waals surface area contributed by atoms with Crippen molar-refractivity contribution in [3.05, 3.63) is 12.2 Å². The van der Waals surface area contributed by atoms with Crippen LogP contribution in [0, 0.1) is 0 Å². The van der Waals surface area contributed by atoms with Gasteiger partial charge in [0.2, 0.25) is 6.39 Å². The SMILES string of the molecule is CNC1CC2CCC(C1)N2Cc1ncon1. The van der Waals surface area contributed by atoms with E-state index in [-0.39, 0.29) is 0 Å². The molecule has 0 spiro atoms. The van der Waals surface area contributed by atoms with Crippen molar-refractivity contribution < 1.29 is 4.52 Å². The standard InChI is InChI=1S/C11H18N4O/c1-12-8-4-9-2-3-10(5-8)15(9)6-11-13-7-16-14-11/h7-10,12H,2-6H2,1H3. The van der Waals surface area contributed by atoms with E-state index in [2.05, 4.69) is 27.4 Å². The van der Waals surface area contributed by atoms with Gasteiger partial charge in [0, 0.05) is 18.1 Å². The Morgan fingerprint density at radius 1 is 1.44 bits per heavy atom. The van der Waals surface area contributed by atoms with Crippen molar-refractivity contribution in [2.45, 2.75) is 50.4 Å². The summed E-state index contributed by atoms with van der Waals surface area (Å²) >= 11 is 0. The summed E-state index contributed by atoms with van der Waals surface area (Å²) in [7, 11) is 2.07. The van der Waals surface area contributed by atoms with Crippen molar-refractivity contribution in [1.82, 2.24) is 20.4 Å². The molecule has 16 heavy (non-hydrogen) atoms. The number of fused-ring (bicyclic) bond motifs is 2. The van der Waals surface area contributed by atoms with E-state index in [0.29, 0.717) is 18.1 Å². The minimum Gasteiger partial charge on any atom is -0.343 e. The van der Waals surface area contributed by atoms with Gasteiger partial charge in [0.1, 0.15) is 0 Å². The lowest BCUT2D eigenvalue weighted by Crippen LogP contribution is -2.47. The van der Waals surface area contributed by atoms with Gasteiger partial charge in [-0.2, -0.15) is 4.98 Å². The molecule has 2 aliphatic heterocycles. The van der Waals surface area contributed by atoms with Crippen LogP contribution in [0.4, 0.5) is 0 Å². The van der Waals surface area contributed by atoms with E-state index in [9.17, 15) is 0 Å². The molecule has 0 aromatic carbocycles. The normalized spacial score (nSPS) is 34.4. The third-order valence-corrected chi connectivity index (χ3v) is 4.02. The zero-order valence-corrected chi connectivity index (χ0v) is 9.59. The van der Waals surface area contributed by atoms with Crippen LogP contribution in [0.3, 0.4) is 0 Å². The van der Waals surface area contributed by atoms with Gasteiger partial charge in [-0.25, -0.2) is 0 Å². The van der Waals surface area contributed by atoms with E-state index in [1.54, 1.807) is 0 Å². The molecule has 2 atom stereocenters. The summed E-state index contributed by atoms with van der Waals surface area (Å²) in [6.45, 7) is 0.849. The molecule has 2 fully saturated rings. The van der Waals surface area contributed by atoms with Gasteiger partial charge in [-0.3, -0.25) is 4.90 Å². The molecule has 1 aromatic heterocycles. The highest BCUT2D eigenvalue weighted by Gasteiger charge is 2.40. The second kappa shape index (κ2) is 4.14. The van der Waals surface area contributed by atoms with Crippen LogP contribution in [0.5, 0.6) is 0 Å². The highest BCUT2D eigenvalue weighted by Crippen LogP contribution is 2.36. The van der Waals surface area contributed by atoms with Crippen LogP contribution in [-0.4, -0.2) is 40.2 Å². The highest BCUT2D eigenvalue weighted by molar-refractivity contribution is 4.98. The number of rotatable bonds is 3. The average Bonchev–Trinajstić information content (AvgIpc) is 2.87. The lowest BCUT2D eigenvalue weighted by Gasteiger charge is -2.38. The topological polar surface area (TPSA) is 54.2 Å². The van der Waals surface area contributed by atoms with Crippen molar-refractivity contribution >= 4 is 0 Å². The number of piperidine rings is 1. The lowest BCUT2D eigenvalue weighted by molar-refractivity contribution is 0.107. The molecular weight excluding hydrogens is 204 g/mol. The molecule has 1 N–H and O–H groups in total. The van der Waals surface area contributed by atoms with Gasteiger partial charge in [-0.05, 0) is 32.7 Å². The predicted octanol–water partition coefficient (Wildman–Crippen LogP) is 0.784. The van der Waals surface area contributed by atoms with E-state index in [1.165, 1.54) is 32.1 Å². The van der Waals surface area contributed by atoms with Crippen molar-refractivity contribution in [3.8, 4) is 0 Å². The van der Waals surface area contributed by atoms with Gasteiger partial charge in [0.25, 0.3) is 0 Å². The fraction of sp³-hybridized carbons (Fsp3) is 0.818. The van der Waals surface area contributed by atoms with Crippen LogP contribution in [0.1, 0.15) is 31.5 Å². The van der Waals surface area contributed by atoms with Gasteiger partial charge in [0.05, 0.1) is 6.54 Å². The molecule has 3 rings (SSSR count). The van der Waals surface area contributed by atoms with Crippen molar-refractivity contribution in [1.29, 1.82) is 0 Å². The Balaban J connectivity index is 1.69. The number of aromatic nitrogens is 2. The Hall–Kier alpha value is -0.940. The zero-order chi connectivity index (χ0) is 11.0. The molecule has 2 saturated heterocycles. The molecule has 2 unspecified atom stereocenters. The van der Waals surface area contributed by atoms with Crippen LogP contribution in [0.15, 0.2) is 10.9 Å². The molecule has 3 heterocycles. The first-order chi connectivity index (χ1) is 7.86. The van der Waals surface area contributed by atoms with Crippen LogP contribution < -0.4 is 5.32 Å². The van der Waals surface area contributed by atoms with Crippen LogP contribution in [0.25, 0.3) is 0 Å². The Kier molecular flexibility index (Phi) is 2.65. The molecule has 0 amide bonds. The summed E-state index contributed by atoms with van der Waals surface area (Å²) in [5.41, 5.74) is 0. The van der Waals surface area contributed by atoms with Gasteiger partial charge < -0.3 is 9.84 Å². The third kappa shape index (κ3) is 1.74. The molecule has 5 nitrogen and oxygen atoms in total. The summed E-state index contributed by atoms with van der Waals surface area (Å²) in [5, 5.41) is 7.31. The second-order valence-corrected chi connectivity index (χ2v) is 4.86. The Morgan fingerprint density at radius 3 is 2.75 bits per heavy atom. The molecule has 0 saturated carbocycles. The van der Waals surface area contributed by atoms with Gasteiger partial charge in [0.15, 0.2) is 5.82 Å². The second-order valence-electron chi connectivity index (χ2n) is 4.86. The van der Waals surface area contributed by atoms with Crippen LogP contribution in [0.2, 0.25) is 0 Å². The number of nitrogens with zero attached hydrogens (tertiary/aromatic N) is 3. The maximum atomic E-state index is 4.79. The third-order valence-electron chi connectivity index (χ3n) is 4.02. The van der Waals surface area contributed by atoms with Gasteiger partial charge in [-0.15, -0.1) is 0 Å². The Labute approximate surface area is 95.2 Å². The lowest BCUT2D eigenvalue weighted by atomic mass is 9.97. The van der Waals surface area contributed by atoms with E-state index < -0.39 is 0 Å². The fourth-order valence-electron chi connectivity index (χ4n) is 3.19. The minimum absolute atomic E-state index is 0.694. The smallest absolute Gasteiger partial charge is 0.213 e. The van der Waals surface area contributed by atoms with Crippen molar-refractivity contribution in [2.75, 3.05) is 7.05 Å². The van der Waals surface area contributed by atoms with E-state index >= 15 is 0 Å². The molecule has 1 aromatic rings. The van der Waals surface area contributed by atoms with Gasteiger partial charge >= 0.3 is 0 Å². The summed E-state index contributed by atoms with van der Waals surface area (Å²) < 4.78 is 4.79. The zero-order valence-electron chi connectivity index (χ0n) is 9.59. The fourth-order valence-corrected chi connectivity index (χ4v) is 3.19.